The van der Waals surface area contributed by atoms with Crippen LogP contribution in [0, 0.1) is 5.92 Å². The maximum atomic E-state index is 13.1. The van der Waals surface area contributed by atoms with Gasteiger partial charge in [-0.15, -0.1) is 0 Å². The van der Waals surface area contributed by atoms with Gasteiger partial charge in [0.25, 0.3) is 0 Å². The molecule has 0 aliphatic heterocycles. The van der Waals surface area contributed by atoms with Crippen LogP contribution in [0.2, 0.25) is 0 Å². The lowest BCUT2D eigenvalue weighted by molar-refractivity contribution is -0.140. The van der Waals surface area contributed by atoms with E-state index in [1.54, 1.807) is 4.68 Å². The van der Waals surface area contributed by atoms with Gasteiger partial charge in [0.15, 0.2) is 5.69 Å². The second kappa shape index (κ2) is 5.64. The van der Waals surface area contributed by atoms with Crippen molar-refractivity contribution in [3.05, 3.63) is 36.3 Å². The number of pyridine rings is 1. The monoisotopic (exact) mass is 324 g/mol. The van der Waals surface area contributed by atoms with E-state index >= 15 is 0 Å². The van der Waals surface area contributed by atoms with E-state index in [-0.39, 0.29) is 11.9 Å². The molecule has 0 spiro atoms. The van der Waals surface area contributed by atoms with Gasteiger partial charge in [0, 0.05) is 18.9 Å². The number of fused-ring (bicyclic) bond motifs is 1. The molecule has 0 unspecified atom stereocenters. The van der Waals surface area contributed by atoms with E-state index in [9.17, 15) is 13.2 Å². The van der Waals surface area contributed by atoms with Gasteiger partial charge in [-0.3, -0.25) is 9.67 Å². The first-order chi connectivity index (χ1) is 10.9. The SMILES string of the molecule is CC(C)Cn1ncnc1Cn1nc(C(F)(F)F)c2cnccc21. The maximum absolute atomic E-state index is 13.1. The lowest BCUT2D eigenvalue weighted by Gasteiger charge is -2.09. The van der Waals surface area contributed by atoms with Crippen molar-refractivity contribution in [2.24, 2.45) is 5.92 Å². The summed E-state index contributed by atoms with van der Waals surface area (Å²) in [5.74, 6) is 0.911. The fourth-order valence-electron chi connectivity index (χ4n) is 2.40. The molecule has 3 aromatic heterocycles. The zero-order valence-electron chi connectivity index (χ0n) is 12.6. The highest BCUT2D eigenvalue weighted by Gasteiger charge is 2.37. The van der Waals surface area contributed by atoms with Crippen LogP contribution in [0.15, 0.2) is 24.8 Å². The van der Waals surface area contributed by atoms with E-state index < -0.39 is 11.9 Å². The van der Waals surface area contributed by atoms with Crippen molar-refractivity contribution in [1.82, 2.24) is 29.5 Å². The Labute approximate surface area is 130 Å². The highest BCUT2D eigenvalue weighted by molar-refractivity contribution is 5.81. The summed E-state index contributed by atoms with van der Waals surface area (Å²) < 4.78 is 42.4. The molecule has 6 nitrogen and oxygen atoms in total. The lowest BCUT2D eigenvalue weighted by Crippen LogP contribution is -2.14. The van der Waals surface area contributed by atoms with Crippen molar-refractivity contribution in [1.29, 1.82) is 0 Å². The summed E-state index contributed by atoms with van der Waals surface area (Å²) in [7, 11) is 0. The lowest BCUT2D eigenvalue weighted by atomic mass is 10.2. The number of alkyl halides is 3. The molecule has 0 atom stereocenters. The second-order valence-corrected chi connectivity index (χ2v) is 5.65. The molecule has 3 rings (SSSR count). The van der Waals surface area contributed by atoms with Crippen LogP contribution in [0.25, 0.3) is 10.9 Å². The van der Waals surface area contributed by atoms with E-state index in [1.165, 1.54) is 29.5 Å². The third kappa shape index (κ3) is 3.03. The Bertz CT molecular complexity index is 817. The van der Waals surface area contributed by atoms with E-state index in [0.717, 1.165) is 0 Å². The largest absolute Gasteiger partial charge is 0.435 e. The van der Waals surface area contributed by atoms with Crippen molar-refractivity contribution in [3.63, 3.8) is 0 Å². The summed E-state index contributed by atoms with van der Waals surface area (Å²) in [4.78, 5) is 7.90. The highest BCUT2D eigenvalue weighted by atomic mass is 19.4. The Balaban J connectivity index is 2.03. The van der Waals surface area contributed by atoms with Gasteiger partial charge in [-0.1, -0.05) is 13.8 Å². The third-order valence-corrected chi connectivity index (χ3v) is 3.35. The molecule has 0 amide bonds. The summed E-state index contributed by atoms with van der Waals surface area (Å²) in [6, 6.07) is 1.51. The Kier molecular flexibility index (Phi) is 3.78. The molecular weight excluding hydrogens is 309 g/mol. The molecule has 0 radical (unpaired) electrons. The van der Waals surface area contributed by atoms with Crippen LogP contribution < -0.4 is 0 Å². The highest BCUT2D eigenvalue weighted by Crippen LogP contribution is 2.33. The normalized spacial score (nSPS) is 12.4. The van der Waals surface area contributed by atoms with Crippen LogP contribution >= 0.6 is 0 Å². The Hall–Kier alpha value is -2.45. The van der Waals surface area contributed by atoms with Crippen LogP contribution in [-0.2, 0) is 19.3 Å². The topological polar surface area (TPSA) is 61.4 Å². The minimum absolute atomic E-state index is 0.0186. The summed E-state index contributed by atoms with van der Waals surface area (Å²) in [5.41, 5.74) is -0.568. The molecule has 3 aromatic rings. The van der Waals surface area contributed by atoms with E-state index in [4.69, 9.17) is 0 Å². The summed E-state index contributed by atoms with van der Waals surface area (Å²) in [6.07, 6.45) is -0.506. The minimum atomic E-state index is -4.53. The van der Waals surface area contributed by atoms with E-state index in [0.29, 0.717) is 23.8 Å². The molecule has 0 fully saturated rings. The van der Waals surface area contributed by atoms with Crippen LogP contribution in [-0.4, -0.2) is 29.5 Å². The van der Waals surface area contributed by atoms with Crippen molar-refractivity contribution in [2.75, 3.05) is 0 Å². The smallest absolute Gasteiger partial charge is 0.264 e. The first-order valence-electron chi connectivity index (χ1n) is 7.10. The number of hydrogen-bond acceptors (Lipinski definition) is 4. The molecule has 0 aromatic carbocycles. The quantitative estimate of drug-likeness (QED) is 0.740. The van der Waals surface area contributed by atoms with Gasteiger partial charge in [0.05, 0.1) is 10.9 Å². The molecular formula is C14H15F3N6. The maximum Gasteiger partial charge on any atom is 0.435 e. The van der Waals surface area contributed by atoms with Crippen molar-refractivity contribution >= 4 is 10.9 Å². The predicted molar refractivity (Wildman–Crippen MR) is 76.5 cm³/mol. The van der Waals surface area contributed by atoms with Gasteiger partial charge in [-0.2, -0.15) is 23.4 Å². The zero-order valence-corrected chi connectivity index (χ0v) is 12.6. The Morgan fingerprint density at radius 2 is 2.00 bits per heavy atom. The van der Waals surface area contributed by atoms with Crippen molar-refractivity contribution in [2.45, 2.75) is 33.1 Å². The standard InChI is InChI=1S/C14H15F3N6/c1-9(2)6-23-12(19-8-20-23)7-22-11-3-4-18-5-10(11)13(21-22)14(15,16)17/h3-5,8-9H,6-7H2,1-2H3. The molecule has 0 aliphatic carbocycles. The molecule has 0 N–H and O–H groups in total. The molecule has 0 saturated carbocycles. The van der Waals surface area contributed by atoms with E-state index in [1.807, 2.05) is 13.8 Å². The number of nitrogens with zero attached hydrogens (tertiary/aromatic N) is 6. The zero-order chi connectivity index (χ0) is 16.6. The molecule has 122 valence electrons. The average Bonchev–Trinajstić information content (AvgIpc) is 3.04. The molecule has 3 heterocycles. The second-order valence-electron chi connectivity index (χ2n) is 5.65. The Morgan fingerprint density at radius 1 is 1.22 bits per heavy atom. The van der Waals surface area contributed by atoms with Crippen molar-refractivity contribution in [3.8, 4) is 0 Å². The van der Waals surface area contributed by atoms with Gasteiger partial charge in [-0.05, 0) is 12.0 Å². The van der Waals surface area contributed by atoms with E-state index in [2.05, 4.69) is 20.2 Å². The summed E-state index contributed by atoms with van der Waals surface area (Å²) >= 11 is 0. The van der Waals surface area contributed by atoms with Crippen LogP contribution in [0.3, 0.4) is 0 Å². The summed E-state index contributed by atoms with van der Waals surface area (Å²) in [6.45, 7) is 4.82. The van der Waals surface area contributed by atoms with Crippen LogP contribution in [0.4, 0.5) is 13.2 Å². The number of rotatable bonds is 4. The van der Waals surface area contributed by atoms with Gasteiger partial charge in [0.1, 0.15) is 18.7 Å². The molecule has 9 heteroatoms. The van der Waals surface area contributed by atoms with Crippen molar-refractivity contribution < 1.29 is 13.2 Å². The van der Waals surface area contributed by atoms with Crippen LogP contribution in [0.5, 0.6) is 0 Å². The number of halogens is 3. The number of hydrogen-bond donors (Lipinski definition) is 0. The van der Waals surface area contributed by atoms with Gasteiger partial charge in [0.2, 0.25) is 0 Å². The summed E-state index contributed by atoms with van der Waals surface area (Å²) in [5, 5.41) is 7.83. The van der Waals surface area contributed by atoms with Crippen LogP contribution in [0.1, 0.15) is 25.4 Å². The predicted octanol–water partition coefficient (Wildman–Crippen LogP) is 2.75. The third-order valence-electron chi connectivity index (χ3n) is 3.35. The molecule has 23 heavy (non-hydrogen) atoms. The van der Waals surface area contributed by atoms with Gasteiger partial charge >= 0.3 is 6.18 Å². The van der Waals surface area contributed by atoms with Gasteiger partial charge < -0.3 is 0 Å². The first-order valence-corrected chi connectivity index (χ1v) is 7.10. The average molecular weight is 324 g/mol. The first kappa shape index (κ1) is 15.4. The molecule has 0 aliphatic rings. The van der Waals surface area contributed by atoms with Gasteiger partial charge in [-0.25, -0.2) is 9.67 Å². The number of aromatic nitrogens is 6. The molecule has 0 saturated heterocycles. The minimum Gasteiger partial charge on any atom is -0.264 e. The fraction of sp³-hybridized carbons (Fsp3) is 0.429. The Morgan fingerprint density at radius 3 is 2.70 bits per heavy atom. The molecule has 0 bridgehead atoms. The fourth-order valence-corrected chi connectivity index (χ4v) is 2.40.